The molecule has 2 aromatic rings. The van der Waals surface area contributed by atoms with Gasteiger partial charge >= 0.3 is 0 Å². The van der Waals surface area contributed by atoms with Crippen LogP contribution < -0.4 is 5.32 Å². The van der Waals surface area contributed by atoms with Crippen LogP contribution in [0.25, 0.3) is 0 Å². The zero-order valence-electron chi connectivity index (χ0n) is 11.2. The summed E-state index contributed by atoms with van der Waals surface area (Å²) in [4.78, 5) is 0. The summed E-state index contributed by atoms with van der Waals surface area (Å²) in [6.07, 6.45) is 2.65. The molecule has 0 spiro atoms. The van der Waals surface area contributed by atoms with Crippen molar-refractivity contribution in [3.63, 3.8) is 0 Å². The van der Waals surface area contributed by atoms with Gasteiger partial charge in [-0.3, -0.25) is 0 Å². The van der Waals surface area contributed by atoms with Gasteiger partial charge < -0.3 is 5.32 Å². The first-order chi connectivity index (χ1) is 9.72. The van der Waals surface area contributed by atoms with Crippen molar-refractivity contribution in [3.05, 3.63) is 70.0 Å². The van der Waals surface area contributed by atoms with Crippen molar-refractivity contribution in [1.82, 2.24) is 5.32 Å². The van der Waals surface area contributed by atoms with Gasteiger partial charge in [-0.1, -0.05) is 41.9 Å². The summed E-state index contributed by atoms with van der Waals surface area (Å²) in [7, 11) is 0. The number of hydrogen-bond acceptors (Lipinski definition) is 1. The molecule has 1 nitrogen and oxygen atoms in total. The Kier molecular flexibility index (Phi) is 4.04. The van der Waals surface area contributed by atoms with Gasteiger partial charge in [0.1, 0.15) is 5.82 Å². The molecule has 1 aliphatic carbocycles. The molecule has 20 heavy (non-hydrogen) atoms. The van der Waals surface area contributed by atoms with E-state index < -0.39 is 0 Å². The van der Waals surface area contributed by atoms with Crippen LogP contribution in [0.3, 0.4) is 0 Å². The highest BCUT2D eigenvalue weighted by atomic mass is 35.5. The maximum Gasteiger partial charge on any atom is 0.141 e. The Balaban J connectivity index is 1.56. The van der Waals surface area contributed by atoms with Gasteiger partial charge in [-0.15, -0.1) is 0 Å². The van der Waals surface area contributed by atoms with Crippen molar-refractivity contribution >= 4 is 11.6 Å². The summed E-state index contributed by atoms with van der Waals surface area (Å²) in [5.41, 5.74) is 3.74. The van der Waals surface area contributed by atoms with E-state index in [4.69, 9.17) is 11.6 Å². The second-order valence-corrected chi connectivity index (χ2v) is 5.78. The first-order valence-electron chi connectivity index (χ1n) is 6.96. The van der Waals surface area contributed by atoms with Crippen LogP contribution in [0.2, 0.25) is 5.02 Å². The average Bonchev–Trinajstić information content (AvgIpc) is 3.28. The fourth-order valence-corrected chi connectivity index (χ4v) is 2.58. The maximum atomic E-state index is 13.1. The molecule has 0 bridgehead atoms. The molecule has 0 aliphatic heterocycles. The van der Waals surface area contributed by atoms with E-state index in [2.05, 4.69) is 29.6 Å². The summed E-state index contributed by atoms with van der Waals surface area (Å²) < 4.78 is 13.1. The summed E-state index contributed by atoms with van der Waals surface area (Å²) in [5.74, 6) is 0.415. The van der Waals surface area contributed by atoms with Crippen LogP contribution in [0.4, 0.5) is 4.39 Å². The van der Waals surface area contributed by atoms with Gasteiger partial charge in [-0.05, 0) is 47.6 Å². The molecule has 3 rings (SSSR count). The molecule has 0 radical (unpaired) electrons. The van der Waals surface area contributed by atoms with Crippen molar-refractivity contribution in [2.75, 3.05) is 0 Å². The summed E-state index contributed by atoms with van der Waals surface area (Å²) in [6, 6.07) is 13.6. The van der Waals surface area contributed by atoms with E-state index in [0.29, 0.717) is 6.54 Å². The molecule has 1 saturated carbocycles. The fraction of sp³-hybridized carbons (Fsp3) is 0.294. The van der Waals surface area contributed by atoms with E-state index in [1.807, 2.05) is 0 Å². The molecular weight excluding hydrogens is 273 g/mol. The zero-order valence-corrected chi connectivity index (χ0v) is 12.0. The van der Waals surface area contributed by atoms with Crippen molar-refractivity contribution < 1.29 is 4.39 Å². The Hall–Kier alpha value is -1.38. The van der Waals surface area contributed by atoms with Crippen LogP contribution in [0, 0.1) is 5.82 Å². The number of benzene rings is 2. The molecule has 0 unspecified atom stereocenters. The van der Waals surface area contributed by atoms with E-state index in [1.165, 1.54) is 30.0 Å². The third kappa shape index (κ3) is 3.38. The predicted octanol–water partition coefficient (Wildman–Crippen LogP) is 4.65. The molecule has 0 saturated heterocycles. The Morgan fingerprint density at radius 1 is 1.05 bits per heavy atom. The third-order valence-electron chi connectivity index (χ3n) is 3.64. The van der Waals surface area contributed by atoms with E-state index in [9.17, 15) is 4.39 Å². The Bertz CT molecular complexity index is 608. The average molecular weight is 290 g/mol. The lowest BCUT2D eigenvalue weighted by atomic mass is 10.1. The Labute approximate surface area is 123 Å². The first-order valence-corrected chi connectivity index (χ1v) is 7.33. The normalized spacial score (nSPS) is 14.5. The third-order valence-corrected chi connectivity index (χ3v) is 3.93. The molecule has 3 heteroatoms. The smallest absolute Gasteiger partial charge is 0.141 e. The SMILES string of the molecule is Fc1ccc(CNCc2cccc(C3CC3)c2)cc1Cl. The molecule has 0 amide bonds. The van der Waals surface area contributed by atoms with Gasteiger partial charge in [0.05, 0.1) is 5.02 Å². The van der Waals surface area contributed by atoms with Crippen molar-refractivity contribution in [2.24, 2.45) is 0 Å². The van der Waals surface area contributed by atoms with Crippen molar-refractivity contribution in [2.45, 2.75) is 31.8 Å². The first kappa shape index (κ1) is 13.6. The van der Waals surface area contributed by atoms with E-state index in [1.54, 1.807) is 12.1 Å². The standard InChI is InChI=1S/C17H17ClFN/c18-16-9-13(4-7-17(16)19)11-20-10-12-2-1-3-15(8-12)14-5-6-14/h1-4,7-9,14,20H,5-6,10-11H2. The van der Waals surface area contributed by atoms with Gasteiger partial charge in [0.25, 0.3) is 0 Å². The minimum atomic E-state index is -0.368. The highest BCUT2D eigenvalue weighted by Crippen LogP contribution is 2.40. The fourth-order valence-electron chi connectivity index (χ4n) is 2.37. The monoisotopic (exact) mass is 289 g/mol. The lowest BCUT2D eigenvalue weighted by molar-refractivity contribution is 0.625. The van der Waals surface area contributed by atoms with Gasteiger partial charge in [0.15, 0.2) is 0 Å². The van der Waals surface area contributed by atoms with Gasteiger partial charge in [0, 0.05) is 13.1 Å². The number of rotatable bonds is 5. The molecule has 0 atom stereocenters. The second kappa shape index (κ2) is 5.94. The maximum absolute atomic E-state index is 13.1. The topological polar surface area (TPSA) is 12.0 Å². The number of hydrogen-bond donors (Lipinski definition) is 1. The lowest BCUT2D eigenvalue weighted by Crippen LogP contribution is -2.12. The highest BCUT2D eigenvalue weighted by molar-refractivity contribution is 6.30. The predicted molar refractivity (Wildman–Crippen MR) is 80.4 cm³/mol. The largest absolute Gasteiger partial charge is 0.309 e. The molecule has 1 fully saturated rings. The lowest BCUT2D eigenvalue weighted by Gasteiger charge is -2.07. The molecule has 1 aliphatic rings. The van der Waals surface area contributed by atoms with Gasteiger partial charge in [-0.25, -0.2) is 4.39 Å². The highest BCUT2D eigenvalue weighted by Gasteiger charge is 2.23. The van der Waals surface area contributed by atoms with Gasteiger partial charge in [0.2, 0.25) is 0 Å². The van der Waals surface area contributed by atoms with Crippen LogP contribution in [0.5, 0.6) is 0 Å². The van der Waals surface area contributed by atoms with Crippen LogP contribution >= 0.6 is 11.6 Å². The molecule has 0 heterocycles. The van der Waals surface area contributed by atoms with Crippen molar-refractivity contribution in [3.8, 4) is 0 Å². The van der Waals surface area contributed by atoms with Crippen LogP contribution in [0.15, 0.2) is 42.5 Å². The Morgan fingerprint density at radius 3 is 2.50 bits per heavy atom. The molecule has 2 aromatic carbocycles. The van der Waals surface area contributed by atoms with Crippen LogP contribution in [-0.2, 0) is 13.1 Å². The van der Waals surface area contributed by atoms with E-state index in [-0.39, 0.29) is 10.8 Å². The quantitative estimate of drug-likeness (QED) is 0.845. The zero-order chi connectivity index (χ0) is 13.9. The summed E-state index contributed by atoms with van der Waals surface area (Å²) in [6.45, 7) is 1.50. The Morgan fingerprint density at radius 2 is 1.80 bits per heavy atom. The molecule has 104 valence electrons. The second-order valence-electron chi connectivity index (χ2n) is 5.37. The molecule has 0 aromatic heterocycles. The summed E-state index contributed by atoms with van der Waals surface area (Å²) >= 11 is 5.77. The minimum Gasteiger partial charge on any atom is -0.309 e. The minimum absolute atomic E-state index is 0.181. The van der Waals surface area contributed by atoms with Crippen molar-refractivity contribution in [1.29, 1.82) is 0 Å². The van der Waals surface area contributed by atoms with E-state index >= 15 is 0 Å². The summed E-state index contributed by atoms with van der Waals surface area (Å²) in [5, 5.41) is 3.55. The number of halogens is 2. The molecule has 1 N–H and O–H groups in total. The van der Waals surface area contributed by atoms with Gasteiger partial charge in [-0.2, -0.15) is 0 Å². The molecular formula is C17H17ClFN. The van der Waals surface area contributed by atoms with E-state index in [0.717, 1.165) is 18.0 Å². The number of nitrogens with one attached hydrogen (secondary N) is 1. The van der Waals surface area contributed by atoms with Crippen LogP contribution in [-0.4, -0.2) is 0 Å². The van der Waals surface area contributed by atoms with Crippen LogP contribution in [0.1, 0.15) is 35.4 Å².